The first-order valence-electron chi connectivity index (χ1n) is 10.3. The van der Waals surface area contributed by atoms with E-state index in [2.05, 4.69) is 15.2 Å². The Kier molecular flexibility index (Phi) is 7.49. The van der Waals surface area contributed by atoms with Gasteiger partial charge < -0.3 is 10.2 Å². The molecule has 1 aromatic heterocycles. The number of sulfonamides is 1. The molecule has 1 N–H and O–H groups in total. The summed E-state index contributed by atoms with van der Waals surface area (Å²) >= 11 is 1.67. The first-order valence-corrected chi connectivity index (χ1v) is 12.6. The van der Waals surface area contributed by atoms with Crippen LogP contribution in [0.15, 0.2) is 28.5 Å². The van der Waals surface area contributed by atoms with Gasteiger partial charge in [-0.2, -0.15) is 0 Å². The highest BCUT2D eigenvalue weighted by Crippen LogP contribution is 2.28. The molecule has 0 aliphatic carbocycles. The van der Waals surface area contributed by atoms with E-state index in [-0.39, 0.29) is 10.8 Å². The minimum absolute atomic E-state index is 0.139. The van der Waals surface area contributed by atoms with Crippen LogP contribution in [0, 0.1) is 6.92 Å². The average Bonchev–Trinajstić information content (AvgIpc) is 3.39. The van der Waals surface area contributed by atoms with Crippen molar-refractivity contribution in [1.29, 1.82) is 0 Å². The average molecular weight is 451 g/mol. The molecule has 3 rings (SSSR count). The van der Waals surface area contributed by atoms with Crippen molar-refractivity contribution in [3.8, 4) is 0 Å². The smallest absolute Gasteiger partial charge is 0.253 e. The second kappa shape index (κ2) is 9.89. The molecule has 30 heavy (non-hydrogen) atoms. The SMILES string of the molecule is Cc1csc(CCCCNC(=O)c2cc(S(=O)(=O)N(C)C)ccc2N2CCCC2)n1. The van der Waals surface area contributed by atoms with Crippen molar-refractivity contribution < 1.29 is 13.2 Å². The number of nitrogens with one attached hydrogen (secondary N) is 1. The van der Waals surface area contributed by atoms with Crippen molar-refractivity contribution in [3.05, 3.63) is 39.8 Å². The Morgan fingerprint density at radius 2 is 1.97 bits per heavy atom. The molecule has 0 spiro atoms. The van der Waals surface area contributed by atoms with Crippen molar-refractivity contribution in [3.63, 3.8) is 0 Å². The van der Waals surface area contributed by atoms with Gasteiger partial charge >= 0.3 is 0 Å². The molecule has 1 aliphatic heterocycles. The van der Waals surface area contributed by atoms with Crippen LogP contribution in [0.2, 0.25) is 0 Å². The van der Waals surface area contributed by atoms with E-state index < -0.39 is 10.0 Å². The van der Waals surface area contributed by atoms with Crippen LogP contribution in [-0.2, 0) is 16.4 Å². The third-order valence-corrected chi connectivity index (χ3v) is 8.05. The summed E-state index contributed by atoms with van der Waals surface area (Å²) in [6, 6.07) is 4.87. The second-order valence-corrected chi connectivity index (χ2v) is 10.9. The van der Waals surface area contributed by atoms with E-state index in [4.69, 9.17) is 0 Å². The third kappa shape index (κ3) is 5.39. The maximum Gasteiger partial charge on any atom is 0.253 e. The number of amides is 1. The molecule has 0 atom stereocenters. The number of nitrogens with zero attached hydrogens (tertiary/aromatic N) is 3. The summed E-state index contributed by atoms with van der Waals surface area (Å²) in [5, 5.41) is 6.14. The lowest BCUT2D eigenvalue weighted by atomic mass is 10.1. The first-order chi connectivity index (χ1) is 14.3. The molecule has 1 aliphatic rings. The zero-order valence-electron chi connectivity index (χ0n) is 17.8. The molecule has 0 saturated carbocycles. The number of thiazole rings is 1. The first kappa shape index (κ1) is 22.7. The van der Waals surface area contributed by atoms with Crippen LogP contribution in [-0.4, -0.2) is 57.3 Å². The summed E-state index contributed by atoms with van der Waals surface area (Å²) in [4.78, 5) is 19.7. The van der Waals surface area contributed by atoms with E-state index in [1.165, 1.54) is 24.5 Å². The van der Waals surface area contributed by atoms with E-state index in [0.717, 1.165) is 61.6 Å². The molecule has 9 heteroatoms. The maximum atomic E-state index is 13.0. The van der Waals surface area contributed by atoms with Crippen molar-refractivity contribution in [2.75, 3.05) is 38.6 Å². The number of benzene rings is 1. The predicted molar refractivity (Wildman–Crippen MR) is 121 cm³/mol. The largest absolute Gasteiger partial charge is 0.371 e. The number of rotatable bonds is 9. The highest BCUT2D eigenvalue weighted by atomic mass is 32.2. The monoisotopic (exact) mass is 450 g/mol. The molecule has 1 saturated heterocycles. The van der Waals surface area contributed by atoms with E-state index in [0.29, 0.717) is 12.1 Å². The summed E-state index contributed by atoms with van der Waals surface area (Å²) in [6.07, 6.45) is 4.86. The molecule has 2 heterocycles. The summed E-state index contributed by atoms with van der Waals surface area (Å²) < 4.78 is 26.3. The third-order valence-electron chi connectivity index (χ3n) is 5.21. The summed E-state index contributed by atoms with van der Waals surface area (Å²) in [5.41, 5.74) is 2.28. The topological polar surface area (TPSA) is 82.6 Å². The Morgan fingerprint density at radius 3 is 2.60 bits per heavy atom. The Labute approximate surface area is 183 Å². The van der Waals surface area contributed by atoms with Crippen LogP contribution in [0.3, 0.4) is 0 Å². The number of aryl methyl sites for hydroxylation is 2. The van der Waals surface area contributed by atoms with Gasteiger partial charge in [0.25, 0.3) is 5.91 Å². The van der Waals surface area contributed by atoms with Crippen molar-refractivity contribution in [2.24, 2.45) is 0 Å². The standard InChI is InChI=1S/C21H30N4O3S2/c1-16-15-29-20(23-16)8-4-5-11-22-21(26)18-14-17(30(27,28)24(2)3)9-10-19(18)25-12-6-7-13-25/h9-10,14-15H,4-8,11-13H2,1-3H3,(H,22,26). The van der Waals surface area contributed by atoms with Crippen LogP contribution >= 0.6 is 11.3 Å². The fourth-order valence-electron chi connectivity index (χ4n) is 3.52. The molecular weight excluding hydrogens is 420 g/mol. The molecule has 1 amide bonds. The predicted octanol–water partition coefficient (Wildman–Crippen LogP) is 3.05. The van der Waals surface area contributed by atoms with Gasteiger partial charge in [0.15, 0.2) is 0 Å². The number of anilines is 1. The van der Waals surface area contributed by atoms with E-state index >= 15 is 0 Å². The minimum atomic E-state index is -3.60. The van der Waals surface area contributed by atoms with Crippen molar-refractivity contribution >= 4 is 33.0 Å². The van der Waals surface area contributed by atoms with Gasteiger partial charge in [-0.1, -0.05) is 0 Å². The number of hydrogen-bond acceptors (Lipinski definition) is 6. The number of aromatic nitrogens is 1. The van der Waals surface area contributed by atoms with E-state index in [9.17, 15) is 13.2 Å². The fraction of sp³-hybridized carbons (Fsp3) is 0.524. The van der Waals surface area contributed by atoms with Crippen LogP contribution in [0.4, 0.5) is 5.69 Å². The normalized spacial score (nSPS) is 14.5. The van der Waals surface area contributed by atoms with Gasteiger partial charge in [0.2, 0.25) is 10.0 Å². The highest BCUT2D eigenvalue weighted by molar-refractivity contribution is 7.89. The Bertz CT molecular complexity index is 980. The number of unbranched alkanes of at least 4 members (excludes halogenated alkanes) is 1. The van der Waals surface area contributed by atoms with E-state index in [1.807, 2.05) is 12.3 Å². The fourth-order valence-corrected chi connectivity index (χ4v) is 5.26. The Balaban J connectivity index is 1.68. The molecule has 1 fully saturated rings. The minimum Gasteiger partial charge on any atom is -0.371 e. The number of carbonyl (C=O) groups excluding carboxylic acids is 1. The van der Waals surface area contributed by atoms with Crippen LogP contribution in [0.25, 0.3) is 0 Å². The summed E-state index contributed by atoms with van der Waals surface area (Å²) in [7, 11) is -0.615. The molecule has 0 radical (unpaired) electrons. The van der Waals surface area contributed by atoms with Gasteiger partial charge in [-0.15, -0.1) is 11.3 Å². The molecule has 0 unspecified atom stereocenters. The van der Waals surface area contributed by atoms with Crippen molar-refractivity contribution in [2.45, 2.75) is 43.9 Å². The van der Waals surface area contributed by atoms with Gasteiger partial charge in [-0.05, 0) is 57.2 Å². The van der Waals surface area contributed by atoms with Crippen molar-refractivity contribution in [1.82, 2.24) is 14.6 Å². The molecule has 164 valence electrons. The van der Waals surface area contributed by atoms with Gasteiger partial charge in [-0.3, -0.25) is 4.79 Å². The van der Waals surface area contributed by atoms with Gasteiger partial charge in [0, 0.05) is 50.5 Å². The van der Waals surface area contributed by atoms with Crippen LogP contribution < -0.4 is 10.2 Å². The number of carbonyl (C=O) groups is 1. The van der Waals surface area contributed by atoms with Gasteiger partial charge in [0.05, 0.1) is 15.5 Å². The number of hydrogen-bond donors (Lipinski definition) is 1. The molecule has 0 bridgehead atoms. The highest BCUT2D eigenvalue weighted by Gasteiger charge is 2.24. The van der Waals surface area contributed by atoms with Crippen LogP contribution in [0.1, 0.15) is 46.7 Å². The quantitative estimate of drug-likeness (QED) is 0.594. The van der Waals surface area contributed by atoms with E-state index in [1.54, 1.807) is 23.5 Å². The maximum absolute atomic E-state index is 13.0. The lowest BCUT2D eigenvalue weighted by Gasteiger charge is -2.22. The lowest BCUT2D eigenvalue weighted by molar-refractivity contribution is 0.0953. The molecule has 7 nitrogen and oxygen atoms in total. The zero-order valence-corrected chi connectivity index (χ0v) is 19.5. The molecule has 1 aromatic carbocycles. The van der Waals surface area contributed by atoms with Crippen LogP contribution in [0.5, 0.6) is 0 Å². The van der Waals surface area contributed by atoms with Gasteiger partial charge in [0.1, 0.15) is 0 Å². The lowest BCUT2D eigenvalue weighted by Crippen LogP contribution is -2.29. The van der Waals surface area contributed by atoms with Gasteiger partial charge in [-0.25, -0.2) is 17.7 Å². The second-order valence-electron chi connectivity index (χ2n) is 7.76. The summed E-state index contributed by atoms with van der Waals surface area (Å²) in [6.45, 7) is 4.30. The molecular formula is C21H30N4O3S2. The Hall–Kier alpha value is -1.97. The summed E-state index contributed by atoms with van der Waals surface area (Å²) in [5.74, 6) is -0.224. The Morgan fingerprint density at radius 1 is 1.23 bits per heavy atom. The molecule has 2 aromatic rings. The zero-order chi connectivity index (χ0) is 21.7.